The lowest BCUT2D eigenvalue weighted by atomic mass is 9.85. The molecule has 4 nitrogen and oxygen atoms in total. The molecule has 2 rings (SSSR count). The zero-order chi connectivity index (χ0) is 13.5. The van der Waals surface area contributed by atoms with Gasteiger partial charge in [-0.2, -0.15) is 0 Å². The van der Waals surface area contributed by atoms with Gasteiger partial charge >= 0.3 is 0 Å². The van der Waals surface area contributed by atoms with Crippen LogP contribution in [0.5, 0.6) is 5.75 Å². The van der Waals surface area contributed by atoms with Crippen LogP contribution in [0.3, 0.4) is 0 Å². The van der Waals surface area contributed by atoms with Crippen LogP contribution < -0.4 is 10.1 Å². The van der Waals surface area contributed by atoms with Crippen molar-refractivity contribution in [2.45, 2.75) is 26.2 Å². The second-order valence-corrected chi connectivity index (χ2v) is 4.62. The Kier molecular flexibility index (Phi) is 4.79. The fourth-order valence-electron chi connectivity index (χ4n) is 1.72. The second-order valence-electron chi connectivity index (χ2n) is 4.62. The van der Waals surface area contributed by atoms with Crippen LogP contribution in [-0.2, 0) is 4.79 Å². The molecule has 0 aromatic carbocycles. The summed E-state index contributed by atoms with van der Waals surface area (Å²) in [6, 6.07) is 3.75. The van der Waals surface area contributed by atoms with Crippen LogP contribution in [0.15, 0.2) is 18.3 Å². The average molecular weight is 258 g/mol. The molecular weight excluding hydrogens is 240 g/mol. The number of rotatable bonds is 4. The largest absolute Gasteiger partial charge is 0.479 e. The molecule has 1 heterocycles. The molecule has 0 saturated heterocycles. The maximum absolute atomic E-state index is 11.5. The molecule has 19 heavy (non-hydrogen) atoms. The van der Waals surface area contributed by atoms with E-state index in [0.717, 1.165) is 18.5 Å². The number of pyridine rings is 1. The van der Waals surface area contributed by atoms with Crippen molar-refractivity contribution >= 4 is 5.91 Å². The minimum atomic E-state index is 0.129. The van der Waals surface area contributed by atoms with Crippen molar-refractivity contribution in [3.63, 3.8) is 0 Å². The lowest BCUT2D eigenvalue weighted by molar-refractivity contribution is -0.127. The number of hydrogen-bond acceptors (Lipinski definition) is 3. The predicted octanol–water partition coefficient (Wildman–Crippen LogP) is 1.69. The topological polar surface area (TPSA) is 51.2 Å². The van der Waals surface area contributed by atoms with Crippen LogP contribution in [0.4, 0.5) is 0 Å². The SMILES string of the molecule is Cc1ccc(OCC#CCNC(=O)C2CCC2)cn1. The van der Waals surface area contributed by atoms with E-state index < -0.39 is 0 Å². The summed E-state index contributed by atoms with van der Waals surface area (Å²) < 4.78 is 5.40. The van der Waals surface area contributed by atoms with Gasteiger partial charge in [0.2, 0.25) is 5.91 Å². The lowest BCUT2D eigenvalue weighted by Gasteiger charge is -2.23. The summed E-state index contributed by atoms with van der Waals surface area (Å²) in [5, 5.41) is 2.81. The van der Waals surface area contributed by atoms with Gasteiger partial charge < -0.3 is 10.1 Å². The Hall–Kier alpha value is -2.02. The number of ether oxygens (including phenoxy) is 1. The first kappa shape index (κ1) is 13.4. The molecule has 1 amide bonds. The first-order valence-electron chi connectivity index (χ1n) is 6.54. The normalized spacial score (nSPS) is 13.9. The van der Waals surface area contributed by atoms with Gasteiger partial charge in [-0.3, -0.25) is 9.78 Å². The number of aromatic nitrogens is 1. The monoisotopic (exact) mass is 258 g/mol. The van der Waals surface area contributed by atoms with Gasteiger partial charge in [0.1, 0.15) is 12.4 Å². The fraction of sp³-hybridized carbons (Fsp3) is 0.467. The van der Waals surface area contributed by atoms with Crippen LogP contribution in [0.2, 0.25) is 0 Å². The number of carbonyl (C=O) groups excluding carboxylic acids is 1. The number of carbonyl (C=O) groups is 1. The van der Waals surface area contributed by atoms with Gasteiger partial charge in [0, 0.05) is 11.6 Å². The van der Waals surface area contributed by atoms with Crippen molar-refractivity contribution in [1.29, 1.82) is 0 Å². The molecule has 0 spiro atoms. The van der Waals surface area contributed by atoms with Crippen molar-refractivity contribution in [2.24, 2.45) is 5.92 Å². The van der Waals surface area contributed by atoms with E-state index in [0.29, 0.717) is 18.9 Å². The van der Waals surface area contributed by atoms with Gasteiger partial charge in [-0.05, 0) is 31.9 Å². The zero-order valence-electron chi connectivity index (χ0n) is 11.1. The van der Waals surface area contributed by atoms with E-state index in [1.165, 1.54) is 6.42 Å². The van der Waals surface area contributed by atoms with E-state index in [1.807, 2.05) is 19.1 Å². The van der Waals surface area contributed by atoms with Crippen LogP contribution in [-0.4, -0.2) is 24.0 Å². The fourth-order valence-corrected chi connectivity index (χ4v) is 1.72. The maximum Gasteiger partial charge on any atom is 0.223 e. The van der Waals surface area contributed by atoms with E-state index >= 15 is 0 Å². The van der Waals surface area contributed by atoms with Crippen LogP contribution in [0.25, 0.3) is 0 Å². The Morgan fingerprint density at radius 2 is 2.32 bits per heavy atom. The summed E-state index contributed by atoms with van der Waals surface area (Å²) in [6.45, 7) is 2.63. The summed E-state index contributed by atoms with van der Waals surface area (Å²) in [7, 11) is 0. The highest BCUT2D eigenvalue weighted by Gasteiger charge is 2.24. The number of hydrogen-bond donors (Lipinski definition) is 1. The number of nitrogens with one attached hydrogen (secondary N) is 1. The molecule has 1 aromatic heterocycles. The summed E-state index contributed by atoms with van der Waals surface area (Å²) in [5.74, 6) is 6.79. The van der Waals surface area contributed by atoms with E-state index in [9.17, 15) is 4.79 Å². The highest BCUT2D eigenvalue weighted by molar-refractivity contribution is 5.79. The summed E-state index contributed by atoms with van der Waals surface area (Å²) >= 11 is 0. The molecule has 1 fully saturated rings. The van der Waals surface area contributed by atoms with Gasteiger partial charge in [0.05, 0.1) is 12.7 Å². The van der Waals surface area contributed by atoms with Crippen molar-refractivity contribution in [3.8, 4) is 17.6 Å². The third-order valence-corrected chi connectivity index (χ3v) is 3.15. The molecule has 1 N–H and O–H groups in total. The van der Waals surface area contributed by atoms with Crippen LogP contribution in [0, 0.1) is 24.7 Å². The summed E-state index contributed by atoms with van der Waals surface area (Å²) in [6.07, 6.45) is 4.88. The van der Waals surface area contributed by atoms with Crippen molar-refractivity contribution in [3.05, 3.63) is 24.0 Å². The average Bonchev–Trinajstić information content (AvgIpc) is 2.33. The van der Waals surface area contributed by atoms with Crippen molar-refractivity contribution < 1.29 is 9.53 Å². The Balaban J connectivity index is 1.61. The first-order valence-corrected chi connectivity index (χ1v) is 6.54. The quantitative estimate of drug-likeness (QED) is 0.836. The molecule has 0 bridgehead atoms. The standard InChI is InChI=1S/C15H18N2O2/c1-12-7-8-14(11-17-12)19-10-3-2-9-16-15(18)13-5-4-6-13/h7-8,11,13H,4-6,9-10H2,1H3,(H,16,18). The van der Waals surface area contributed by atoms with Crippen LogP contribution in [0.1, 0.15) is 25.0 Å². The first-order chi connectivity index (χ1) is 9.25. The lowest BCUT2D eigenvalue weighted by Crippen LogP contribution is -2.34. The van der Waals surface area contributed by atoms with Crippen LogP contribution >= 0.6 is 0 Å². The second kappa shape index (κ2) is 6.79. The third kappa shape index (κ3) is 4.29. The molecule has 0 atom stereocenters. The van der Waals surface area contributed by atoms with Gasteiger partial charge in [-0.25, -0.2) is 0 Å². The molecule has 0 aliphatic heterocycles. The molecule has 4 heteroatoms. The van der Waals surface area contributed by atoms with Gasteiger partial charge in [0.25, 0.3) is 0 Å². The zero-order valence-corrected chi connectivity index (χ0v) is 11.1. The Morgan fingerprint density at radius 3 is 2.95 bits per heavy atom. The van der Waals surface area contributed by atoms with Crippen molar-refractivity contribution in [1.82, 2.24) is 10.3 Å². The Morgan fingerprint density at radius 1 is 1.47 bits per heavy atom. The van der Waals surface area contributed by atoms with Crippen molar-refractivity contribution in [2.75, 3.05) is 13.2 Å². The Bertz CT molecular complexity index is 481. The Labute approximate surface area is 113 Å². The van der Waals surface area contributed by atoms with E-state index in [-0.39, 0.29) is 11.8 Å². The van der Waals surface area contributed by atoms with Gasteiger partial charge in [-0.15, -0.1) is 0 Å². The predicted molar refractivity (Wildman–Crippen MR) is 72.6 cm³/mol. The molecule has 100 valence electrons. The number of amides is 1. The number of nitrogens with zero attached hydrogens (tertiary/aromatic N) is 1. The molecule has 1 aliphatic rings. The maximum atomic E-state index is 11.5. The summed E-state index contributed by atoms with van der Waals surface area (Å²) in [5.41, 5.74) is 0.956. The van der Waals surface area contributed by atoms with Gasteiger partial charge in [0.15, 0.2) is 0 Å². The van der Waals surface area contributed by atoms with E-state index in [2.05, 4.69) is 22.1 Å². The summed E-state index contributed by atoms with van der Waals surface area (Å²) in [4.78, 5) is 15.6. The molecule has 1 saturated carbocycles. The van der Waals surface area contributed by atoms with E-state index in [1.54, 1.807) is 6.20 Å². The van der Waals surface area contributed by atoms with E-state index in [4.69, 9.17) is 4.74 Å². The minimum absolute atomic E-state index is 0.129. The highest BCUT2D eigenvalue weighted by atomic mass is 16.5. The molecule has 0 radical (unpaired) electrons. The molecular formula is C15H18N2O2. The highest BCUT2D eigenvalue weighted by Crippen LogP contribution is 2.25. The molecule has 0 unspecified atom stereocenters. The molecule has 1 aliphatic carbocycles. The smallest absolute Gasteiger partial charge is 0.223 e. The minimum Gasteiger partial charge on any atom is -0.479 e. The van der Waals surface area contributed by atoms with Gasteiger partial charge in [-0.1, -0.05) is 18.3 Å². The number of aryl methyl sites for hydroxylation is 1. The molecule has 1 aromatic rings. The third-order valence-electron chi connectivity index (χ3n) is 3.15.